The van der Waals surface area contributed by atoms with Crippen molar-refractivity contribution in [3.8, 4) is 0 Å². The average Bonchev–Trinajstić information content (AvgIpc) is 2.51. The molecule has 8 rings (SSSR count). The molecule has 26 heavy (non-hydrogen) atoms. The first-order chi connectivity index (χ1) is 12.2. The lowest BCUT2D eigenvalue weighted by molar-refractivity contribution is -0.0600. The monoisotopic (exact) mass is 377 g/mol. The Morgan fingerprint density at radius 3 is 1.04 bits per heavy atom. The molecule has 8 aliphatic carbocycles. The van der Waals surface area contributed by atoms with Gasteiger partial charge in [0, 0.05) is 0 Å². The van der Waals surface area contributed by atoms with Gasteiger partial charge in [-0.05, 0) is 149 Å². The van der Waals surface area contributed by atoms with E-state index < -0.39 is 0 Å². The molecule has 0 aromatic carbocycles. The number of halogens is 1. The van der Waals surface area contributed by atoms with E-state index >= 15 is 0 Å². The molecule has 0 unspecified atom stereocenters. The van der Waals surface area contributed by atoms with Crippen LogP contribution in [0.1, 0.15) is 89.9 Å². The summed E-state index contributed by atoms with van der Waals surface area (Å²) >= 11 is 0. The highest BCUT2D eigenvalue weighted by Gasteiger charge is 2.51. The van der Waals surface area contributed by atoms with Crippen LogP contribution in [0.5, 0.6) is 0 Å². The molecule has 8 fully saturated rings. The smallest absolute Gasteiger partial charge is 0.00436 e. The van der Waals surface area contributed by atoms with Crippen molar-refractivity contribution in [1.29, 1.82) is 0 Å². The summed E-state index contributed by atoms with van der Waals surface area (Å²) in [5.41, 5.74) is 1.56. The van der Waals surface area contributed by atoms with Gasteiger partial charge in [-0.2, -0.15) is 0 Å². The average molecular weight is 378 g/mol. The molecule has 8 bridgehead atoms. The molecule has 2 heteroatoms. The van der Waals surface area contributed by atoms with Gasteiger partial charge < -0.3 is 5.32 Å². The van der Waals surface area contributed by atoms with Gasteiger partial charge in [0.15, 0.2) is 0 Å². The molecule has 8 aliphatic rings. The fraction of sp³-hybridized carbons (Fsp3) is 1.00. The molecule has 148 valence electrons. The third kappa shape index (κ3) is 3.18. The Kier molecular flexibility index (Phi) is 4.68. The van der Waals surface area contributed by atoms with Gasteiger partial charge in [0.2, 0.25) is 0 Å². The van der Waals surface area contributed by atoms with E-state index in [2.05, 4.69) is 5.32 Å². The predicted molar refractivity (Wildman–Crippen MR) is 111 cm³/mol. The van der Waals surface area contributed by atoms with Gasteiger partial charge in [0.1, 0.15) is 0 Å². The number of hydrogen-bond acceptors (Lipinski definition) is 1. The summed E-state index contributed by atoms with van der Waals surface area (Å²) in [7, 11) is 0. The predicted octanol–water partition coefficient (Wildman–Crippen LogP) is 6.21. The maximum atomic E-state index is 3.94. The standard InChI is InChI=1S/C24H39N.ClH/c1(23-11-17-5-18(12-23)7-19(6-17)13-23)3-25-4-2-24-14-20-8-21(15-24)10-22(9-20)16-24;/h17-22,25H,1-16H2;1H. The minimum atomic E-state index is 0. The minimum absolute atomic E-state index is 0. The van der Waals surface area contributed by atoms with Crippen LogP contribution in [0.2, 0.25) is 0 Å². The fourth-order valence-corrected chi connectivity index (χ4v) is 10.0. The van der Waals surface area contributed by atoms with Crippen LogP contribution in [0.25, 0.3) is 0 Å². The highest BCUT2D eigenvalue weighted by atomic mass is 35.5. The Morgan fingerprint density at radius 1 is 0.500 bits per heavy atom. The number of hydrogen-bond donors (Lipinski definition) is 1. The van der Waals surface area contributed by atoms with Crippen molar-refractivity contribution < 1.29 is 0 Å². The van der Waals surface area contributed by atoms with Gasteiger partial charge in [0.05, 0.1) is 0 Å². The maximum Gasteiger partial charge on any atom is -0.00436 e. The van der Waals surface area contributed by atoms with Crippen molar-refractivity contribution in [2.75, 3.05) is 13.1 Å². The summed E-state index contributed by atoms with van der Waals surface area (Å²) in [6, 6.07) is 0. The summed E-state index contributed by atoms with van der Waals surface area (Å²) in [4.78, 5) is 0. The lowest BCUT2D eigenvalue weighted by Crippen LogP contribution is -2.48. The van der Waals surface area contributed by atoms with Crippen LogP contribution in [0.3, 0.4) is 0 Å². The van der Waals surface area contributed by atoms with Gasteiger partial charge in [-0.3, -0.25) is 0 Å². The second-order valence-corrected chi connectivity index (χ2v) is 12.1. The van der Waals surface area contributed by atoms with E-state index in [9.17, 15) is 0 Å². The molecule has 8 saturated carbocycles. The zero-order valence-electron chi connectivity index (χ0n) is 16.7. The van der Waals surface area contributed by atoms with Gasteiger partial charge in [-0.15, -0.1) is 12.4 Å². The molecule has 0 saturated heterocycles. The van der Waals surface area contributed by atoms with Crippen LogP contribution in [-0.2, 0) is 0 Å². The van der Waals surface area contributed by atoms with E-state index in [-0.39, 0.29) is 12.4 Å². The molecule has 0 spiro atoms. The lowest BCUT2D eigenvalue weighted by atomic mass is 9.48. The van der Waals surface area contributed by atoms with Crippen molar-refractivity contribution in [1.82, 2.24) is 5.32 Å². The van der Waals surface area contributed by atoms with E-state index in [1.165, 1.54) is 25.9 Å². The van der Waals surface area contributed by atoms with Crippen LogP contribution in [0.4, 0.5) is 0 Å². The zero-order chi connectivity index (χ0) is 16.5. The molecule has 0 aliphatic heterocycles. The summed E-state index contributed by atoms with van der Waals surface area (Å²) in [5.74, 6) is 6.74. The summed E-state index contributed by atoms with van der Waals surface area (Å²) < 4.78 is 0. The van der Waals surface area contributed by atoms with Gasteiger partial charge >= 0.3 is 0 Å². The van der Waals surface area contributed by atoms with E-state index in [0.29, 0.717) is 0 Å². The number of rotatable bonds is 6. The zero-order valence-corrected chi connectivity index (χ0v) is 17.5. The summed E-state index contributed by atoms with van der Waals surface area (Å²) in [6.07, 6.45) is 22.1. The lowest BCUT2D eigenvalue weighted by Gasteiger charge is -2.57. The second kappa shape index (κ2) is 6.65. The van der Waals surface area contributed by atoms with E-state index in [0.717, 1.165) is 46.3 Å². The quantitative estimate of drug-likeness (QED) is 0.542. The Balaban J connectivity index is 0.00000150. The topological polar surface area (TPSA) is 12.0 Å². The molecule has 0 amide bonds. The second-order valence-electron chi connectivity index (χ2n) is 12.1. The largest absolute Gasteiger partial charge is 0.317 e. The molecule has 0 heterocycles. The van der Waals surface area contributed by atoms with Crippen molar-refractivity contribution in [3.63, 3.8) is 0 Å². The highest BCUT2D eigenvalue weighted by molar-refractivity contribution is 5.85. The normalized spacial score (nSPS) is 53.1. The first-order valence-corrected chi connectivity index (χ1v) is 11.9. The van der Waals surface area contributed by atoms with E-state index in [1.807, 2.05) is 0 Å². The number of nitrogens with one attached hydrogen (secondary N) is 1. The van der Waals surface area contributed by atoms with Gasteiger partial charge in [-0.1, -0.05) is 0 Å². The Bertz CT molecular complexity index is 410. The van der Waals surface area contributed by atoms with Gasteiger partial charge in [0.25, 0.3) is 0 Å². The molecule has 1 N–H and O–H groups in total. The van der Waals surface area contributed by atoms with Crippen LogP contribution in [0.15, 0.2) is 0 Å². The molecule has 0 atom stereocenters. The Labute approximate surface area is 167 Å². The summed E-state index contributed by atoms with van der Waals surface area (Å²) in [6.45, 7) is 2.64. The van der Waals surface area contributed by atoms with Crippen molar-refractivity contribution in [2.24, 2.45) is 46.3 Å². The van der Waals surface area contributed by atoms with Crippen molar-refractivity contribution in [3.05, 3.63) is 0 Å². The molecule has 0 aromatic heterocycles. The van der Waals surface area contributed by atoms with Gasteiger partial charge in [-0.25, -0.2) is 0 Å². The third-order valence-electron chi connectivity index (χ3n) is 9.99. The molecular weight excluding hydrogens is 338 g/mol. The van der Waals surface area contributed by atoms with Crippen LogP contribution in [-0.4, -0.2) is 13.1 Å². The SMILES string of the molecule is C(CC12CC3CC(CC(C3)C1)C2)NCCC12CC3CC(CC(C3)C1)C2.Cl. The molecule has 1 nitrogen and oxygen atoms in total. The van der Waals surface area contributed by atoms with Crippen LogP contribution < -0.4 is 5.32 Å². The van der Waals surface area contributed by atoms with Crippen molar-refractivity contribution in [2.45, 2.75) is 89.9 Å². The van der Waals surface area contributed by atoms with E-state index in [4.69, 9.17) is 0 Å². The Morgan fingerprint density at radius 2 is 0.769 bits per heavy atom. The highest BCUT2D eigenvalue weighted by Crippen LogP contribution is 2.62. The third-order valence-corrected chi connectivity index (χ3v) is 9.99. The summed E-state index contributed by atoms with van der Waals surface area (Å²) in [5, 5.41) is 3.94. The molecule has 0 aromatic rings. The molecular formula is C24H40ClN. The van der Waals surface area contributed by atoms with Crippen LogP contribution >= 0.6 is 12.4 Å². The first kappa shape index (κ1) is 18.3. The van der Waals surface area contributed by atoms with Crippen molar-refractivity contribution >= 4 is 12.4 Å². The molecule has 0 radical (unpaired) electrons. The van der Waals surface area contributed by atoms with E-state index in [1.54, 1.807) is 77.0 Å². The Hall–Kier alpha value is 0.250. The van der Waals surface area contributed by atoms with Crippen LogP contribution in [0, 0.1) is 46.3 Å². The minimum Gasteiger partial charge on any atom is -0.317 e. The maximum absolute atomic E-state index is 3.94. The fourth-order valence-electron chi connectivity index (χ4n) is 10.0. The first-order valence-electron chi connectivity index (χ1n) is 11.9.